The van der Waals surface area contributed by atoms with E-state index >= 15 is 0 Å². The molecule has 0 saturated heterocycles. The van der Waals surface area contributed by atoms with Gasteiger partial charge in [-0.2, -0.15) is 5.10 Å². The molecule has 0 saturated carbocycles. The van der Waals surface area contributed by atoms with Gasteiger partial charge in [0, 0.05) is 52.7 Å². The Morgan fingerprint density at radius 3 is 2.68 bits per heavy atom. The van der Waals surface area contributed by atoms with Crippen molar-refractivity contribution in [2.45, 2.75) is 18.4 Å². The van der Waals surface area contributed by atoms with Gasteiger partial charge in [0.15, 0.2) is 0 Å². The second-order valence-electron chi connectivity index (χ2n) is 7.21. The van der Waals surface area contributed by atoms with E-state index in [9.17, 15) is 0 Å². The summed E-state index contributed by atoms with van der Waals surface area (Å²) >= 11 is 1.39. The molecule has 0 aliphatic carbocycles. The molecule has 31 heavy (non-hydrogen) atoms. The molecule has 0 amide bonds. The second kappa shape index (κ2) is 8.75. The Kier molecular flexibility index (Phi) is 5.52. The van der Waals surface area contributed by atoms with E-state index in [-0.39, 0.29) is 0 Å². The molecule has 0 aliphatic heterocycles. The SMILES string of the molecule is Cc1ccc(SOCCn2ccc(-c3ccc(-n4ccc5ccncc54)nc3)n2)cc1. The third kappa shape index (κ3) is 4.38. The van der Waals surface area contributed by atoms with Gasteiger partial charge in [0.1, 0.15) is 5.82 Å². The summed E-state index contributed by atoms with van der Waals surface area (Å²) in [6.07, 6.45) is 9.48. The summed E-state index contributed by atoms with van der Waals surface area (Å²) < 4.78 is 9.63. The summed E-state index contributed by atoms with van der Waals surface area (Å²) in [6.45, 7) is 3.34. The predicted molar refractivity (Wildman–Crippen MR) is 123 cm³/mol. The monoisotopic (exact) mass is 427 g/mol. The number of benzene rings is 1. The van der Waals surface area contributed by atoms with Crippen LogP contribution in [-0.2, 0) is 10.7 Å². The molecular formula is C24H21N5OS. The molecule has 0 atom stereocenters. The highest BCUT2D eigenvalue weighted by Gasteiger charge is 2.07. The van der Waals surface area contributed by atoms with Gasteiger partial charge < -0.3 is 4.18 Å². The van der Waals surface area contributed by atoms with Crippen LogP contribution in [0.3, 0.4) is 0 Å². The minimum Gasteiger partial charge on any atom is -0.308 e. The van der Waals surface area contributed by atoms with E-state index in [4.69, 9.17) is 4.18 Å². The van der Waals surface area contributed by atoms with Crippen LogP contribution in [0.15, 0.2) is 90.5 Å². The maximum atomic E-state index is 5.71. The molecule has 0 radical (unpaired) electrons. The summed E-state index contributed by atoms with van der Waals surface area (Å²) in [4.78, 5) is 9.95. The molecule has 0 N–H and O–H groups in total. The minimum absolute atomic E-state index is 0.575. The van der Waals surface area contributed by atoms with Crippen molar-refractivity contribution < 1.29 is 4.18 Å². The Morgan fingerprint density at radius 2 is 1.84 bits per heavy atom. The van der Waals surface area contributed by atoms with Crippen molar-refractivity contribution >= 4 is 22.9 Å². The first-order chi connectivity index (χ1) is 15.3. The molecule has 6 nitrogen and oxygen atoms in total. The highest BCUT2D eigenvalue weighted by molar-refractivity contribution is 7.94. The quantitative estimate of drug-likeness (QED) is 0.260. The third-order valence-corrected chi connectivity index (χ3v) is 5.76. The molecule has 154 valence electrons. The first-order valence-corrected chi connectivity index (χ1v) is 10.8. The van der Waals surface area contributed by atoms with Crippen molar-refractivity contribution in [3.8, 4) is 17.1 Å². The summed E-state index contributed by atoms with van der Waals surface area (Å²) in [6, 6.07) is 18.4. The van der Waals surface area contributed by atoms with Gasteiger partial charge in [0.2, 0.25) is 0 Å². The maximum Gasteiger partial charge on any atom is 0.137 e. The van der Waals surface area contributed by atoms with E-state index in [1.165, 1.54) is 17.6 Å². The standard InChI is InChI=1S/C24H21N5OS/c1-18-2-5-21(6-3-18)31-30-15-14-28-12-10-22(27-28)20-4-7-24(26-16-20)29-13-9-19-8-11-25-17-23(19)29/h2-13,16-17H,14-15H2,1H3. The van der Waals surface area contributed by atoms with E-state index in [1.54, 1.807) is 6.20 Å². The lowest BCUT2D eigenvalue weighted by Gasteiger charge is -2.05. The Labute approximate surface area is 184 Å². The maximum absolute atomic E-state index is 5.71. The van der Waals surface area contributed by atoms with Gasteiger partial charge in [-0.3, -0.25) is 14.2 Å². The number of rotatable bonds is 7. The zero-order valence-electron chi connectivity index (χ0n) is 17.0. The first-order valence-electron chi connectivity index (χ1n) is 10.0. The molecule has 4 aromatic heterocycles. The topological polar surface area (TPSA) is 57.8 Å². The van der Waals surface area contributed by atoms with Gasteiger partial charge >= 0.3 is 0 Å². The predicted octanol–water partition coefficient (Wildman–Crippen LogP) is 5.32. The van der Waals surface area contributed by atoms with Gasteiger partial charge in [-0.1, -0.05) is 17.7 Å². The van der Waals surface area contributed by atoms with Gasteiger partial charge in [0.25, 0.3) is 0 Å². The van der Waals surface area contributed by atoms with E-state index in [0.29, 0.717) is 13.2 Å². The average molecular weight is 428 g/mol. The van der Waals surface area contributed by atoms with Crippen LogP contribution in [0, 0.1) is 6.92 Å². The highest BCUT2D eigenvalue weighted by Crippen LogP contribution is 2.22. The van der Waals surface area contributed by atoms with E-state index in [1.807, 2.05) is 58.3 Å². The van der Waals surface area contributed by atoms with E-state index in [0.717, 1.165) is 32.9 Å². The number of aromatic nitrogens is 5. The Morgan fingerprint density at radius 1 is 0.935 bits per heavy atom. The molecule has 0 aliphatic rings. The molecule has 5 aromatic rings. The summed E-state index contributed by atoms with van der Waals surface area (Å²) in [5.74, 6) is 0.854. The molecule has 1 aromatic carbocycles. The molecular weight excluding hydrogens is 406 g/mol. The number of fused-ring (bicyclic) bond motifs is 1. The number of hydrogen-bond donors (Lipinski definition) is 0. The minimum atomic E-state index is 0.575. The molecule has 7 heteroatoms. The van der Waals surface area contributed by atoms with Crippen molar-refractivity contribution in [2.75, 3.05) is 6.61 Å². The number of aryl methyl sites for hydroxylation is 1. The molecule has 0 unspecified atom stereocenters. The van der Waals surface area contributed by atoms with Crippen molar-refractivity contribution in [2.24, 2.45) is 0 Å². The normalized spacial score (nSPS) is 11.3. The Hall–Kier alpha value is -3.42. The lowest BCUT2D eigenvalue weighted by molar-refractivity contribution is 0.338. The second-order valence-corrected chi connectivity index (χ2v) is 8.08. The zero-order chi connectivity index (χ0) is 21.0. The van der Waals surface area contributed by atoms with Crippen molar-refractivity contribution in [1.29, 1.82) is 0 Å². The van der Waals surface area contributed by atoms with E-state index < -0.39 is 0 Å². The van der Waals surface area contributed by atoms with Crippen LogP contribution in [0.4, 0.5) is 0 Å². The van der Waals surface area contributed by atoms with Crippen molar-refractivity contribution in [3.63, 3.8) is 0 Å². The molecule has 4 heterocycles. The molecule has 0 spiro atoms. The van der Waals surface area contributed by atoms with Crippen LogP contribution in [0.2, 0.25) is 0 Å². The number of hydrogen-bond acceptors (Lipinski definition) is 5. The fourth-order valence-corrected chi connectivity index (χ4v) is 3.87. The average Bonchev–Trinajstić information content (AvgIpc) is 3.45. The van der Waals surface area contributed by atoms with Crippen molar-refractivity contribution in [1.82, 2.24) is 24.3 Å². The van der Waals surface area contributed by atoms with Gasteiger partial charge in [-0.05, 0) is 49.4 Å². The van der Waals surface area contributed by atoms with Crippen LogP contribution >= 0.6 is 12.0 Å². The lowest BCUT2D eigenvalue weighted by Crippen LogP contribution is -2.04. The Bertz CT molecular complexity index is 1290. The number of pyridine rings is 2. The van der Waals surface area contributed by atoms with Crippen molar-refractivity contribution in [3.05, 3.63) is 91.1 Å². The first kappa shape index (κ1) is 19.5. The van der Waals surface area contributed by atoms with Crippen LogP contribution in [0.5, 0.6) is 0 Å². The largest absolute Gasteiger partial charge is 0.308 e. The molecule has 5 rings (SSSR count). The summed E-state index contributed by atoms with van der Waals surface area (Å²) in [5.41, 5.74) is 4.15. The summed E-state index contributed by atoms with van der Waals surface area (Å²) in [7, 11) is 0. The fourth-order valence-electron chi connectivity index (χ4n) is 3.33. The summed E-state index contributed by atoms with van der Waals surface area (Å²) in [5, 5.41) is 5.79. The van der Waals surface area contributed by atoms with E-state index in [2.05, 4.69) is 52.3 Å². The fraction of sp³-hybridized carbons (Fsp3) is 0.125. The molecule has 0 fully saturated rings. The lowest BCUT2D eigenvalue weighted by atomic mass is 10.2. The zero-order valence-corrected chi connectivity index (χ0v) is 17.9. The smallest absolute Gasteiger partial charge is 0.137 e. The molecule has 0 bridgehead atoms. The van der Waals surface area contributed by atoms with Crippen LogP contribution in [-0.4, -0.2) is 30.9 Å². The van der Waals surface area contributed by atoms with Crippen LogP contribution < -0.4 is 0 Å². The van der Waals surface area contributed by atoms with Gasteiger partial charge in [0.05, 0.1) is 30.6 Å². The van der Waals surface area contributed by atoms with Gasteiger partial charge in [-0.15, -0.1) is 0 Å². The highest BCUT2D eigenvalue weighted by atomic mass is 32.2. The third-order valence-electron chi connectivity index (χ3n) is 5.01. The van der Waals surface area contributed by atoms with Gasteiger partial charge in [-0.25, -0.2) is 4.98 Å². The van der Waals surface area contributed by atoms with Crippen LogP contribution in [0.25, 0.3) is 28.0 Å². The Balaban J connectivity index is 1.21. The van der Waals surface area contributed by atoms with Crippen LogP contribution in [0.1, 0.15) is 5.56 Å². The number of nitrogens with zero attached hydrogens (tertiary/aromatic N) is 5.